The summed E-state index contributed by atoms with van der Waals surface area (Å²) in [7, 11) is 0. The summed E-state index contributed by atoms with van der Waals surface area (Å²) in [6.45, 7) is 2.15. The Morgan fingerprint density at radius 3 is 1.70 bits per heavy atom. The third-order valence-electron chi connectivity index (χ3n) is 0.132. The maximum atomic E-state index is 9.54. The molecule has 0 radical (unpaired) electrons. The number of carbonyl (C=O) groups excluding carboxylic acids is 1. The van der Waals surface area contributed by atoms with Gasteiger partial charge >= 0.3 is 0 Å². The molecule has 0 atom stereocenters. The lowest BCUT2D eigenvalue weighted by Gasteiger charge is -1.96. The lowest BCUT2D eigenvalue weighted by Crippen LogP contribution is -2.10. The average molecular weight is 546 g/mol. The molecule has 0 saturated heterocycles. The van der Waals surface area contributed by atoms with Gasteiger partial charge in [0, 0.05) is 0 Å². The molecule has 10 heavy (non-hydrogen) atoms. The van der Waals surface area contributed by atoms with E-state index in [1.54, 1.807) is 0 Å². The Kier molecular flexibility index (Phi) is 11.4. The van der Waals surface area contributed by atoms with E-state index in [1.165, 1.54) is 0 Å². The number of hydrogen-bond acceptors (Lipinski definition) is 1. The molecular weight excluding hydrogens is 539 g/mol. The van der Waals surface area contributed by atoms with Gasteiger partial charge < -0.3 is 5.73 Å². The summed E-state index contributed by atoms with van der Waals surface area (Å²) < 4.78 is 0.410. The number of nitrogens with two attached hydrogens (primary N) is 1. The molecule has 0 heterocycles. The quantitative estimate of drug-likeness (QED) is 0.400. The Bertz CT molecular complexity index is 97.2. The first kappa shape index (κ1) is 14.7. The average Bonchev–Trinajstić information content (AvgIpc) is 1.61. The van der Waals surface area contributed by atoms with E-state index in [0.29, 0.717) is -0.565 Å². The molecule has 0 bridgehead atoms. The van der Waals surface area contributed by atoms with Gasteiger partial charge in [-0.15, -0.1) is 0 Å². The van der Waals surface area contributed by atoms with Gasteiger partial charge in [-0.2, -0.15) is 0 Å². The van der Waals surface area contributed by atoms with Gasteiger partial charge in [-0.3, -0.25) is 4.79 Å². The van der Waals surface area contributed by atoms with E-state index in [-0.39, 0.29) is 11.2 Å². The van der Waals surface area contributed by atoms with E-state index < -0.39 is 0 Å². The minimum Gasteiger partial charge on any atom is -0.369 e. The molecule has 0 aromatic rings. The van der Waals surface area contributed by atoms with Gasteiger partial charge in [0.15, 0.2) is 0 Å². The first-order chi connectivity index (χ1) is 4.27. The highest BCUT2D eigenvalue weighted by Crippen LogP contribution is 2.33. The highest BCUT2D eigenvalue weighted by molar-refractivity contribution is 14.3. The first-order valence-electron chi connectivity index (χ1n) is 2.18. The summed E-state index contributed by atoms with van der Waals surface area (Å²) in [6.07, 6.45) is 0. The van der Waals surface area contributed by atoms with Gasteiger partial charge in [-0.05, 0) is 6.92 Å². The third-order valence-corrected chi connectivity index (χ3v) is 0.684. The Hall–Kier alpha value is 2.14. The zero-order valence-corrected chi connectivity index (χ0v) is 13.3. The third kappa shape index (κ3) is 49.4. The minimum atomic E-state index is -0.329. The normalized spacial score (nSPS) is 9.70. The minimum absolute atomic E-state index is 0.257. The number of carbonyl (C=O) groups is 1. The molecule has 62 valence electrons. The molecule has 0 aliphatic rings. The molecular formula is C4H7BrI3NO. The van der Waals surface area contributed by atoms with Crippen molar-refractivity contribution in [2.24, 2.45) is 5.73 Å². The van der Waals surface area contributed by atoms with Crippen LogP contribution >= 0.6 is 83.7 Å². The van der Waals surface area contributed by atoms with Crippen LogP contribution in [0.3, 0.4) is 0 Å². The summed E-state index contributed by atoms with van der Waals surface area (Å²) in [5, 5.41) is 0.257. The van der Waals surface area contributed by atoms with E-state index in [1.807, 2.05) is 0 Å². The van der Waals surface area contributed by atoms with Crippen LogP contribution < -0.4 is 5.73 Å². The number of amides is 1. The first-order valence-corrected chi connectivity index (χ1v) is 6.54. The van der Waals surface area contributed by atoms with Crippen LogP contribution in [0, 0.1) is 0 Å². The van der Waals surface area contributed by atoms with Crippen molar-refractivity contribution in [3.05, 3.63) is 0 Å². The van der Waals surface area contributed by atoms with Crippen LogP contribution in [0.2, 0.25) is 0 Å². The fourth-order valence-electron chi connectivity index (χ4n) is 0. The van der Waals surface area contributed by atoms with Crippen molar-refractivity contribution in [3.63, 3.8) is 0 Å². The van der Waals surface area contributed by atoms with Crippen LogP contribution in [-0.2, 0) is 4.79 Å². The van der Waals surface area contributed by atoms with E-state index >= 15 is 0 Å². The van der Waals surface area contributed by atoms with E-state index in [0.717, 1.165) is 0 Å². The zero-order valence-electron chi connectivity index (χ0n) is 5.20. The van der Waals surface area contributed by atoms with Gasteiger partial charge in [-0.1, -0.05) is 83.7 Å². The molecule has 1 amide bonds. The van der Waals surface area contributed by atoms with Crippen molar-refractivity contribution in [2.45, 2.75) is 6.36 Å². The summed E-state index contributed by atoms with van der Waals surface area (Å²) in [4.78, 5) is 9.54. The number of rotatable bonds is 1. The summed E-state index contributed by atoms with van der Waals surface area (Å²) in [5.74, 6) is -0.329. The van der Waals surface area contributed by atoms with Crippen LogP contribution in [0.4, 0.5) is 0 Å². The van der Waals surface area contributed by atoms with Gasteiger partial charge in [0.05, 0.1) is 5.33 Å². The van der Waals surface area contributed by atoms with Crippen molar-refractivity contribution in [1.29, 1.82) is 0 Å². The largest absolute Gasteiger partial charge is 0.369 e. The zero-order chi connectivity index (χ0) is 8.78. The predicted octanol–water partition coefficient (Wildman–Crippen LogP) is 2.83. The lowest BCUT2D eigenvalue weighted by atomic mass is 10.8. The highest BCUT2D eigenvalue weighted by atomic mass is 127. The molecule has 0 aliphatic carbocycles. The van der Waals surface area contributed by atoms with Crippen molar-refractivity contribution >= 4 is 89.6 Å². The molecule has 0 spiro atoms. The van der Waals surface area contributed by atoms with Crippen molar-refractivity contribution in [3.8, 4) is 0 Å². The van der Waals surface area contributed by atoms with E-state index in [2.05, 4.69) is 96.4 Å². The molecule has 0 saturated carbocycles. The van der Waals surface area contributed by atoms with Crippen LogP contribution in [0.25, 0.3) is 0 Å². The topological polar surface area (TPSA) is 43.1 Å². The number of halogens is 4. The van der Waals surface area contributed by atoms with Gasteiger partial charge in [0.1, 0.15) is -0.565 Å². The second kappa shape index (κ2) is 7.77. The number of alkyl halides is 4. The fourth-order valence-corrected chi connectivity index (χ4v) is 0. The Balaban J connectivity index is 0. The molecule has 0 fully saturated rings. The standard InChI is InChI=1S/C2H4BrNO.C2H3I3/c3-1-2(4)5;1-2(3,4)5/h1H2,(H2,4,5);1H3. The van der Waals surface area contributed by atoms with Crippen LogP contribution in [0.5, 0.6) is 0 Å². The number of primary amides is 1. The summed E-state index contributed by atoms with van der Waals surface area (Å²) in [5.41, 5.74) is 4.61. The smallest absolute Gasteiger partial charge is 0.228 e. The van der Waals surface area contributed by atoms with Crippen LogP contribution in [0.1, 0.15) is 6.92 Å². The van der Waals surface area contributed by atoms with E-state index in [4.69, 9.17) is 0 Å². The molecule has 0 rings (SSSR count). The van der Waals surface area contributed by atoms with Crippen molar-refractivity contribution in [2.75, 3.05) is 5.33 Å². The maximum Gasteiger partial charge on any atom is 0.228 e. The van der Waals surface area contributed by atoms with Gasteiger partial charge in [-0.25, -0.2) is 0 Å². The Morgan fingerprint density at radius 2 is 1.70 bits per heavy atom. The molecule has 0 aliphatic heterocycles. The van der Waals surface area contributed by atoms with E-state index in [9.17, 15) is 4.79 Å². The van der Waals surface area contributed by atoms with Crippen molar-refractivity contribution in [1.82, 2.24) is 0 Å². The Labute approximate surface area is 110 Å². The lowest BCUT2D eigenvalue weighted by molar-refractivity contribution is -0.115. The Morgan fingerprint density at radius 1 is 1.60 bits per heavy atom. The molecule has 0 aromatic heterocycles. The summed E-state index contributed by atoms with van der Waals surface area (Å²) in [6, 6.07) is 0. The molecule has 6 heteroatoms. The predicted molar refractivity (Wildman–Crippen MR) is 73.5 cm³/mol. The monoisotopic (exact) mass is 545 g/mol. The van der Waals surface area contributed by atoms with Crippen LogP contribution in [-0.4, -0.2) is 10.7 Å². The molecule has 2 N–H and O–H groups in total. The molecule has 2 nitrogen and oxygen atoms in total. The van der Waals surface area contributed by atoms with Gasteiger partial charge in [0.25, 0.3) is 0 Å². The summed E-state index contributed by atoms with van der Waals surface area (Å²) >= 11 is 9.89. The molecule has 0 unspecified atom stereocenters. The van der Waals surface area contributed by atoms with Gasteiger partial charge in [0.2, 0.25) is 5.91 Å². The SMILES string of the molecule is CC(I)(I)I.NC(=O)CBr. The number of hydrogen-bond donors (Lipinski definition) is 1. The molecule has 0 aromatic carbocycles. The highest BCUT2D eigenvalue weighted by Gasteiger charge is 2.04. The second-order valence-electron chi connectivity index (χ2n) is 1.38. The second-order valence-corrected chi connectivity index (χ2v) is 14.6. The maximum absolute atomic E-state index is 9.54. The fraction of sp³-hybridized carbons (Fsp3) is 0.750. The van der Waals surface area contributed by atoms with Crippen LogP contribution in [0.15, 0.2) is 0 Å². The van der Waals surface area contributed by atoms with Crippen molar-refractivity contribution < 1.29 is 4.79 Å².